The number of urea groups is 1. The number of rotatable bonds is 7. The second kappa shape index (κ2) is 11.0. The van der Waals surface area contributed by atoms with E-state index >= 15 is 0 Å². The van der Waals surface area contributed by atoms with Crippen molar-refractivity contribution in [2.45, 2.75) is 26.6 Å². The van der Waals surface area contributed by atoms with Gasteiger partial charge in [0.2, 0.25) is 0 Å². The van der Waals surface area contributed by atoms with E-state index in [0.717, 1.165) is 10.5 Å². The maximum absolute atomic E-state index is 13.2. The minimum absolute atomic E-state index is 0.00926. The van der Waals surface area contributed by atoms with E-state index in [1.807, 2.05) is 26.0 Å². The summed E-state index contributed by atoms with van der Waals surface area (Å²) in [5.41, 5.74) is 1.67. The molecule has 1 N–H and O–H groups in total. The van der Waals surface area contributed by atoms with Crippen molar-refractivity contribution in [3.8, 4) is 11.5 Å². The van der Waals surface area contributed by atoms with Crippen molar-refractivity contribution < 1.29 is 23.9 Å². The van der Waals surface area contributed by atoms with Crippen LogP contribution in [0.15, 0.2) is 76.8 Å². The fourth-order valence-corrected chi connectivity index (χ4v) is 4.07. The Bertz CT molecular complexity index is 1340. The average Bonchev–Trinajstić information content (AvgIpc) is 2.83. The molecule has 1 heterocycles. The van der Waals surface area contributed by atoms with E-state index in [1.165, 1.54) is 6.08 Å². The third-order valence-electron chi connectivity index (χ3n) is 5.14. The summed E-state index contributed by atoms with van der Waals surface area (Å²) in [6.07, 6.45) is 1.43. The monoisotopic (exact) mass is 568 g/mol. The van der Waals surface area contributed by atoms with Gasteiger partial charge in [0.25, 0.3) is 11.8 Å². The van der Waals surface area contributed by atoms with Crippen LogP contribution in [0.4, 0.5) is 10.5 Å². The molecule has 0 saturated carbocycles. The van der Waals surface area contributed by atoms with E-state index in [4.69, 9.17) is 21.1 Å². The van der Waals surface area contributed by atoms with Crippen LogP contribution in [0.1, 0.15) is 25.0 Å². The Morgan fingerprint density at radius 1 is 1.00 bits per heavy atom. The van der Waals surface area contributed by atoms with Crippen LogP contribution in [-0.2, 0) is 16.2 Å². The molecule has 4 amide bonds. The molecule has 1 fully saturated rings. The largest absolute Gasteiger partial charge is 0.490 e. The van der Waals surface area contributed by atoms with Gasteiger partial charge in [-0.05, 0) is 95.5 Å². The van der Waals surface area contributed by atoms with Crippen LogP contribution in [0.2, 0.25) is 5.02 Å². The highest BCUT2D eigenvalue weighted by Gasteiger charge is 2.36. The average molecular weight is 570 g/mol. The fraction of sp³-hybridized carbons (Fsp3) is 0.148. The summed E-state index contributed by atoms with van der Waals surface area (Å²) in [6.45, 7) is 4.16. The molecule has 0 spiro atoms. The Morgan fingerprint density at radius 3 is 2.33 bits per heavy atom. The lowest BCUT2D eigenvalue weighted by atomic mass is 10.1. The quantitative estimate of drug-likeness (QED) is 0.273. The highest BCUT2D eigenvalue weighted by Crippen LogP contribution is 2.29. The van der Waals surface area contributed by atoms with Gasteiger partial charge in [0.15, 0.2) is 0 Å². The van der Waals surface area contributed by atoms with Crippen molar-refractivity contribution >= 4 is 57.1 Å². The molecular weight excluding hydrogens is 548 g/mol. The SMILES string of the molecule is CC(C)Oc1ccc(/C=C2\C(=O)NC(=O)N(c3ccc(OCc4ccc(Cl)cc4)cc3)C2=O)cc1Br. The van der Waals surface area contributed by atoms with Gasteiger partial charge in [-0.25, -0.2) is 9.69 Å². The van der Waals surface area contributed by atoms with Gasteiger partial charge in [-0.1, -0.05) is 29.8 Å². The smallest absolute Gasteiger partial charge is 0.335 e. The summed E-state index contributed by atoms with van der Waals surface area (Å²) in [5, 5.41) is 2.87. The van der Waals surface area contributed by atoms with Gasteiger partial charge < -0.3 is 9.47 Å². The van der Waals surface area contributed by atoms with Gasteiger partial charge in [0.05, 0.1) is 16.3 Å². The lowest BCUT2D eigenvalue weighted by molar-refractivity contribution is -0.122. The molecule has 3 aromatic rings. The Balaban J connectivity index is 1.52. The first-order valence-corrected chi connectivity index (χ1v) is 12.2. The van der Waals surface area contributed by atoms with E-state index in [1.54, 1.807) is 54.6 Å². The number of barbiturate groups is 1. The number of benzene rings is 3. The van der Waals surface area contributed by atoms with Crippen LogP contribution < -0.4 is 19.7 Å². The number of nitrogens with zero attached hydrogens (tertiary/aromatic N) is 1. The number of hydrogen-bond donors (Lipinski definition) is 1. The number of amides is 4. The van der Waals surface area contributed by atoms with E-state index in [2.05, 4.69) is 21.2 Å². The normalized spacial score (nSPS) is 14.9. The predicted molar refractivity (Wildman–Crippen MR) is 141 cm³/mol. The van der Waals surface area contributed by atoms with Crippen LogP contribution in [0.25, 0.3) is 6.08 Å². The second-order valence-electron chi connectivity index (χ2n) is 8.22. The predicted octanol–water partition coefficient (Wildman–Crippen LogP) is 6.14. The Labute approximate surface area is 221 Å². The highest BCUT2D eigenvalue weighted by molar-refractivity contribution is 9.10. The maximum atomic E-state index is 13.2. The number of carbonyl (C=O) groups is 3. The molecule has 9 heteroatoms. The zero-order valence-corrected chi connectivity index (χ0v) is 21.8. The summed E-state index contributed by atoms with van der Waals surface area (Å²) >= 11 is 9.34. The first-order valence-electron chi connectivity index (χ1n) is 11.1. The summed E-state index contributed by atoms with van der Waals surface area (Å²) in [5.74, 6) is -0.291. The van der Waals surface area contributed by atoms with Gasteiger partial charge in [0, 0.05) is 5.02 Å². The maximum Gasteiger partial charge on any atom is 0.335 e. The van der Waals surface area contributed by atoms with Gasteiger partial charge in [0.1, 0.15) is 23.7 Å². The number of carbonyl (C=O) groups excluding carboxylic acids is 3. The molecule has 184 valence electrons. The van der Waals surface area contributed by atoms with Crippen molar-refractivity contribution in [3.05, 3.63) is 92.9 Å². The molecule has 36 heavy (non-hydrogen) atoms. The van der Waals surface area contributed by atoms with Crippen molar-refractivity contribution in [2.24, 2.45) is 0 Å². The van der Waals surface area contributed by atoms with Gasteiger partial charge >= 0.3 is 6.03 Å². The fourth-order valence-electron chi connectivity index (χ4n) is 3.45. The van der Waals surface area contributed by atoms with E-state index in [9.17, 15) is 14.4 Å². The third kappa shape index (κ3) is 5.95. The summed E-state index contributed by atoms with van der Waals surface area (Å²) in [4.78, 5) is 39.1. The van der Waals surface area contributed by atoms with Crippen molar-refractivity contribution in [1.82, 2.24) is 5.32 Å². The summed E-state index contributed by atoms with van der Waals surface area (Å²) < 4.78 is 12.1. The molecule has 0 aromatic heterocycles. The third-order valence-corrected chi connectivity index (χ3v) is 6.02. The molecule has 3 aromatic carbocycles. The minimum atomic E-state index is -0.821. The zero-order chi connectivity index (χ0) is 25.8. The van der Waals surface area contributed by atoms with E-state index in [-0.39, 0.29) is 11.7 Å². The number of anilines is 1. The Kier molecular flexibility index (Phi) is 7.76. The number of halogens is 2. The van der Waals surface area contributed by atoms with Crippen molar-refractivity contribution in [3.63, 3.8) is 0 Å². The van der Waals surface area contributed by atoms with E-state index in [0.29, 0.717) is 38.9 Å². The van der Waals surface area contributed by atoms with Gasteiger partial charge in [-0.3, -0.25) is 14.9 Å². The van der Waals surface area contributed by atoms with Crippen molar-refractivity contribution in [1.29, 1.82) is 0 Å². The van der Waals surface area contributed by atoms with Crippen LogP contribution >= 0.6 is 27.5 Å². The Hall–Kier alpha value is -3.62. The minimum Gasteiger partial charge on any atom is -0.490 e. The van der Waals surface area contributed by atoms with Gasteiger partial charge in [-0.15, -0.1) is 0 Å². The molecule has 0 unspecified atom stereocenters. The number of ether oxygens (including phenoxy) is 2. The zero-order valence-electron chi connectivity index (χ0n) is 19.5. The lowest BCUT2D eigenvalue weighted by Gasteiger charge is -2.26. The summed E-state index contributed by atoms with van der Waals surface area (Å²) in [7, 11) is 0. The summed E-state index contributed by atoms with van der Waals surface area (Å²) in [6, 6.07) is 18.1. The Morgan fingerprint density at radius 2 is 1.69 bits per heavy atom. The second-order valence-corrected chi connectivity index (χ2v) is 9.51. The molecule has 4 rings (SSSR count). The van der Waals surface area contributed by atoms with Crippen LogP contribution in [0.3, 0.4) is 0 Å². The number of hydrogen-bond acceptors (Lipinski definition) is 5. The molecule has 0 aliphatic carbocycles. The molecule has 1 aliphatic rings. The molecule has 0 atom stereocenters. The molecule has 1 saturated heterocycles. The lowest BCUT2D eigenvalue weighted by Crippen LogP contribution is -2.54. The van der Waals surface area contributed by atoms with Crippen LogP contribution in [-0.4, -0.2) is 23.9 Å². The number of imide groups is 2. The topological polar surface area (TPSA) is 84.9 Å². The van der Waals surface area contributed by atoms with E-state index < -0.39 is 17.8 Å². The van der Waals surface area contributed by atoms with Crippen molar-refractivity contribution in [2.75, 3.05) is 4.90 Å². The first-order chi connectivity index (χ1) is 17.2. The van der Waals surface area contributed by atoms with Crippen LogP contribution in [0.5, 0.6) is 11.5 Å². The molecule has 0 bridgehead atoms. The van der Waals surface area contributed by atoms with Crippen LogP contribution in [0, 0.1) is 0 Å². The molecule has 1 aliphatic heterocycles. The highest BCUT2D eigenvalue weighted by atomic mass is 79.9. The molecule has 0 radical (unpaired) electrons. The number of nitrogens with one attached hydrogen (secondary N) is 1. The first kappa shape index (κ1) is 25.5. The molecular formula is C27H22BrClN2O5. The standard InChI is InChI=1S/C27H22BrClN2O5/c1-16(2)36-24-12-5-18(14-23(24)28)13-22-25(32)30-27(34)31(26(22)33)20-8-10-21(11-9-20)35-15-17-3-6-19(29)7-4-17/h3-14,16H,15H2,1-2H3,(H,30,32,34)/b22-13+. The molecule has 7 nitrogen and oxygen atoms in total. The van der Waals surface area contributed by atoms with Gasteiger partial charge in [-0.2, -0.15) is 0 Å².